The molecule has 0 amide bonds. The summed E-state index contributed by atoms with van der Waals surface area (Å²) in [4.78, 5) is 2.33. The summed E-state index contributed by atoms with van der Waals surface area (Å²) in [7, 11) is 0. The first-order valence-corrected chi connectivity index (χ1v) is 9.07. The molecule has 0 N–H and O–H groups in total. The van der Waals surface area contributed by atoms with Gasteiger partial charge in [-0.1, -0.05) is 42.5 Å². The van der Waals surface area contributed by atoms with E-state index in [1.165, 1.54) is 0 Å². The van der Waals surface area contributed by atoms with E-state index in [0.717, 1.165) is 54.2 Å². The minimum atomic E-state index is -0.114. The number of hydrogen-bond acceptors (Lipinski definition) is 3. The zero-order chi connectivity index (χ0) is 15.6. The number of halogens is 1. The van der Waals surface area contributed by atoms with Crippen molar-refractivity contribution in [2.24, 2.45) is 4.40 Å². The zero-order valence-corrected chi connectivity index (χ0v) is 13.7. The largest absolute Gasteiger partial charge is 0.358 e. The van der Waals surface area contributed by atoms with Crippen molar-refractivity contribution in [1.29, 1.82) is 0 Å². The topological polar surface area (TPSA) is 15.6 Å². The first-order valence-electron chi connectivity index (χ1n) is 8.12. The van der Waals surface area contributed by atoms with Crippen LogP contribution in [0.15, 0.2) is 52.9 Å². The third-order valence-corrected chi connectivity index (χ3v) is 5.33. The molecule has 1 atom stereocenters. The average molecular weight is 326 g/mol. The van der Waals surface area contributed by atoms with E-state index in [1.54, 1.807) is 18.0 Å². The quantitative estimate of drug-likeness (QED) is 0.741. The van der Waals surface area contributed by atoms with Crippen molar-refractivity contribution in [3.05, 3.63) is 59.9 Å². The summed E-state index contributed by atoms with van der Waals surface area (Å²) in [5, 5.41) is 0. The first kappa shape index (κ1) is 14.8. The van der Waals surface area contributed by atoms with Crippen molar-refractivity contribution >= 4 is 17.8 Å². The molecule has 0 spiro atoms. The number of benzene rings is 2. The summed E-state index contributed by atoms with van der Waals surface area (Å²) >= 11 is 1.61. The number of rotatable bonds is 2. The van der Waals surface area contributed by atoms with Gasteiger partial charge in [-0.2, -0.15) is 0 Å². The van der Waals surface area contributed by atoms with Crippen molar-refractivity contribution in [2.45, 2.75) is 18.8 Å². The van der Waals surface area contributed by atoms with Gasteiger partial charge in [0, 0.05) is 24.8 Å². The van der Waals surface area contributed by atoms with Gasteiger partial charge in [0.2, 0.25) is 0 Å². The Morgan fingerprint density at radius 2 is 1.91 bits per heavy atom. The second kappa shape index (κ2) is 6.36. The fourth-order valence-corrected chi connectivity index (χ4v) is 4.24. The third-order valence-electron chi connectivity index (χ3n) is 4.65. The number of piperidine rings is 1. The predicted molar refractivity (Wildman–Crippen MR) is 95.3 cm³/mol. The van der Waals surface area contributed by atoms with E-state index in [1.807, 2.05) is 42.5 Å². The monoisotopic (exact) mass is 326 g/mol. The number of hydrogen-bond donors (Lipinski definition) is 0. The molecule has 2 heterocycles. The van der Waals surface area contributed by atoms with Crippen molar-refractivity contribution in [2.75, 3.05) is 18.8 Å². The van der Waals surface area contributed by atoms with E-state index < -0.39 is 0 Å². The van der Waals surface area contributed by atoms with E-state index in [0.29, 0.717) is 0 Å². The Bertz CT molecular complexity index is 729. The lowest BCUT2D eigenvalue weighted by atomic mass is 9.88. The van der Waals surface area contributed by atoms with E-state index in [9.17, 15) is 4.39 Å². The molecule has 2 nitrogen and oxygen atoms in total. The SMILES string of the molecule is Fc1cc(-c2ccccc2)ccc1C1CCCN2CCSN=C12. The van der Waals surface area contributed by atoms with Gasteiger partial charge in [0.15, 0.2) is 0 Å². The summed E-state index contributed by atoms with van der Waals surface area (Å²) in [5.74, 6) is 2.09. The van der Waals surface area contributed by atoms with Crippen LogP contribution in [0.3, 0.4) is 0 Å². The van der Waals surface area contributed by atoms with Gasteiger partial charge in [-0.25, -0.2) is 8.79 Å². The molecule has 1 fully saturated rings. The molecule has 0 aliphatic carbocycles. The molecule has 23 heavy (non-hydrogen) atoms. The van der Waals surface area contributed by atoms with Crippen LogP contribution >= 0.6 is 11.9 Å². The summed E-state index contributed by atoms with van der Waals surface area (Å²) in [5.41, 5.74) is 2.77. The van der Waals surface area contributed by atoms with Crippen LogP contribution in [-0.2, 0) is 0 Å². The lowest BCUT2D eigenvalue weighted by Crippen LogP contribution is -2.43. The second-order valence-electron chi connectivity index (χ2n) is 6.07. The highest BCUT2D eigenvalue weighted by atomic mass is 32.2. The molecular weight excluding hydrogens is 307 g/mol. The van der Waals surface area contributed by atoms with E-state index >= 15 is 0 Å². The van der Waals surface area contributed by atoms with Gasteiger partial charge in [-0.05, 0) is 47.5 Å². The maximum atomic E-state index is 14.8. The minimum Gasteiger partial charge on any atom is -0.358 e. The Morgan fingerprint density at radius 1 is 1.04 bits per heavy atom. The zero-order valence-electron chi connectivity index (χ0n) is 12.9. The molecule has 4 rings (SSSR count). The molecule has 4 heteroatoms. The average Bonchev–Trinajstić information content (AvgIpc) is 2.62. The Hall–Kier alpha value is -1.81. The van der Waals surface area contributed by atoms with Crippen LogP contribution in [0.5, 0.6) is 0 Å². The van der Waals surface area contributed by atoms with Gasteiger partial charge in [0.1, 0.15) is 11.7 Å². The molecular formula is C19H19FN2S. The van der Waals surface area contributed by atoms with E-state index in [-0.39, 0.29) is 11.7 Å². The molecule has 0 bridgehead atoms. The molecule has 2 aliphatic rings. The normalized spacial score (nSPS) is 20.8. The second-order valence-corrected chi connectivity index (χ2v) is 6.92. The van der Waals surface area contributed by atoms with Gasteiger partial charge in [0.25, 0.3) is 0 Å². The van der Waals surface area contributed by atoms with Crippen LogP contribution in [0.1, 0.15) is 24.3 Å². The predicted octanol–water partition coefficient (Wildman–Crippen LogP) is 4.73. The molecule has 2 aliphatic heterocycles. The Kier molecular flexibility index (Phi) is 4.08. The van der Waals surface area contributed by atoms with E-state index in [4.69, 9.17) is 0 Å². The lowest BCUT2D eigenvalue weighted by Gasteiger charge is -2.38. The first-order chi connectivity index (χ1) is 11.3. The molecule has 0 saturated carbocycles. The molecule has 1 saturated heterocycles. The number of amidine groups is 1. The van der Waals surface area contributed by atoms with Crippen LogP contribution in [0.2, 0.25) is 0 Å². The van der Waals surface area contributed by atoms with Crippen molar-refractivity contribution < 1.29 is 4.39 Å². The number of nitrogens with zero attached hydrogens (tertiary/aromatic N) is 2. The smallest absolute Gasteiger partial charge is 0.127 e. The van der Waals surface area contributed by atoms with Crippen LogP contribution in [0, 0.1) is 5.82 Å². The minimum absolute atomic E-state index is 0.0985. The highest BCUT2D eigenvalue weighted by molar-refractivity contribution is 7.98. The van der Waals surface area contributed by atoms with Gasteiger partial charge in [-0.3, -0.25) is 0 Å². The molecule has 2 aromatic rings. The van der Waals surface area contributed by atoms with Crippen molar-refractivity contribution in [1.82, 2.24) is 4.90 Å². The van der Waals surface area contributed by atoms with Crippen LogP contribution in [0.4, 0.5) is 4.39 Å². The lowest BCUT2D eigenvalue weighted by molar-refractivity contribution is 0.368. The fourth-order valence-electron chi connectivity index (χ4n) is 3.48. The molecule has 0 aromatic heterocycles. The van der Waals surface area contributed by atoms with Crippen molar-refractivity contribution in [3.8, 4) is 11.1 Å². The summed E-state index contributed by atoms with van der Waals surface area (Å²) in [6.45, 7) is 2.09. The van der Waals surface area contributed by atoms with Gasteiger partial charge < -0.3 is 4.90 Å². The van der Waals surface area contributed by atoms with Gasteiger partial charge >= 0.3 is 0 Å². The summed E-state index contributed by atoms with van der Waals surface area (Å²) in [6, 6.07) is 15.6. The third kappa shape index (κ3) is 2.88. The van der Waals surface area contributed by atoms with Gasteiger partial charge in [0.05, 0.1) is 0 Å². The van der Waals surface area contributed by atoms with Crippen LogP contribution in [0.25, 0.3) is 11.1 Å². The Morgan fingerprint density at radius 3 is 2.74 bits per heavy atom. The summed E-state index contributed by atoms with van der Waals surface area (Å²) < 4.78 is 19.4. The molecule has 2 aromatic carbocycles. The van der Waals surface area contributed by atoms with Gasteiger partial charge in [-0.15, -0.1) is 0 Å². The maximum absolute atomic E-state index is 14.8. The molecule has 118 valence electrons. The maximum Gasteiger partial charge on any atom is 0.127 e. The highest BCUT2D eigenvalue weighted by Crippen LogP contribution is 2.35. The fraction of sp³-hybridized carbons (Fsp3) is 0.316. The Balaban J connectivity index is 1.68. The standard InChI is InChI=1S/C19H19FN2S/c20-18-13-15(14-5-2-1-3-6-14)8-9-16(18)17-7-4-10-22-11-12-23-21-19(17)22/h1-3,5-6,8-9,13,17H,4,7,10-12H2. The van der Waals surface area contributed by atoms with Crippen LogP contribution < -0.4 is 0 Å². The van der Waals surface area contributed by atoms with E-state index in [2.05, 4.69) is 9.30 Å². The molecule has 1 unspecified atom stereocenters. The molecule has 0 radical (unpaired) electrons. The highest BCUT2D eigenvalue weighted by Gasteiger charge is 2.31. The van der Waals surface area contributed by atoms with Crippen molar-refractivity contribution in [3.63, 3.8) is 0 Å². The van der Waals surface area contributed by atoms with Crippen LogP contribution in [-0.4, -0.2) is 29.6 Å². The summed E-state index contributed by atoms with van der Waals surface area (Å²) in [6.07, 6.45) is 2.09. The number of fused-ring (bicyclic) bond motifs is 1. The Labute approximate surface area is 140 Å².